The van der Waals surface area contributed by atoms with Gasteiger partial charge in [-0.2, -0.15) is 8.61 Å². The van der Waals surface area contributed by atoms with Gasteiger partial charge in [-0.25, -0.2) is 25.3 Å². The van der Waals surface area contributed by atoms with Gasteiger partial charge >= 0.3 is 0 Å². The van der Waals surface area contributed by atoms with E-state index in [0.717, 1.165) is 26.2 Å². The van der Waals surface area contributed by atoms with Crippen LogP contribution in [0.15, 0.2) is 69.3 Å². The Hall–Kier alpha value is -3.40. The zero-order valence-corrected chi connectivity index (χ0v) is 36.7. The van der Waals surface area contributed by atoms with E-state index in [1.807, 2.05) is 0 Å². The van der Waals surface area contributed by atoms with Crippen molar-refractivity contribution in [1.29, 1.82) is 0 Å². The molecule has 0 unspecified atom stereocenters. The number of sulfonamides is 2. The lowest BCUT2D eigenvalue weighted by Gasteiger charge is -2.26. The lowest BCUT2D eigenvalue weighted by Crippen LogP contribution is -2.41. The zero-order chi connectivity index (χ0) is 42.5. The molecule has 3 N–H and O–H groups in total. The maximum absolute atomic E-state index is 13.2. The number of rotatable bonds is 21. The topological polar surface area (TPSA) is 199 Å². The number of halogens is 1. The van der Waals surface area contributed by atoms with Crippen molar-refractivity contribution in [3.05, 3.63) is 60.2 Å². The third-order valence-electron chi connectivity index (χ3n) is 7.97. The summed E-state index contributed by atoms with van der Waals surface area (Å²) in [6.45, 7) is 11.7. The van der Waals surface area contributed by atoms with E-state index >= 15 is 0 Å². The van der Waals surface area contributed by atoms with Crippen molar-refractivity contribution in [2.45, 2.75) is 49.0 Å². The summed E-state index contributed by atoms with van der Waals surface area (Å²) in [7, 11) is 0.768. The summed E-state index contributed by atoms with van der Waals surface area (Å²) in [5.74, 6) is 1.83. The van der Waals surface area contributed by atoms with Crippen molar-refractivity contribution in [3.8, 4) is 28.7 Å². The molecular weight excluding hydrogens is 812 g/mol. The molecule has 56 heavy (non-hydrogen) atoms. The molecule has 0 spiro atoms. The van der Waals surface area contributed by atoms with Crippen LogP contribution in [0.5, 0.6) is 28.7 Å². The Labute approximate surface area is 337 Å². The van der Waals surface area contributed by atoms with E-state index in [2.05, 4.69) is 24.5 Å². The first kappa shape index (κ1) is 50.6. The molecule has 0 heterocycles. The van der Waals surface area contributed by atoms with Gasteiger partial charge in [-0.3, -0.25) is 0 Å². The molecule has 0 aliphatic carbocycles. The molecule has 0 atom stereocenters. The molecule has 0 saturated heterocycles. The minimum absolute atomic E-state index is 0.00926. The molecule has 0 radical (unpaired) electrons. The molecule has 20 heteroatoms. The van der Waals surface area contributed by atoms with E-state index in [4.69, 9.17) is 34.4 Å². The van der Waals surface area contributed by atoms with Crippen molar-refractivity contribution < 1.29 is 54.0 Å². The highest BCUT2D eigenvalue weighted by molar-refractivity contribution is 8.13. The lowest BCUT2D eigenvalue weighted by molar-refractivity contribution is 0.273. The van der Waals surface area contributed by atoms with Crippen LogP contribution in [0.4, 0.5) is 0 Å². The Bertz CT molecular complexity index is 1870. The van der Waals surface area contributed by atoms with Gasteiger partial charge in [-0.15, -0.1) is 0 Å². The number of aliphatic hydroxyl groups is 1. The summed E-state index contributed by atoms with van der Waals surface area (Å²) < 4.78 is 103. The van der Waals surface area contributed by atoms with Crippen molar-refractivity contribution in [3.63, 3.8) is 0 Å². The summed E-state index contributed by atoms with van der Waals surface area (Å²) in [6.07, 6.45) is 0. The van der Waals surface area contributed by atoms with Crippen LogP contribution >= 0.6 is 10.7 Å². The van der Waals surface area contributed by atoms with E-state index in [-0.39, 0.29) is 53.2 Å². The summed E-state index contributed by atoms with van der Waals surface area (Å²) in [5.41, 5.74) is 0.339. The normalized spacial score (nSPS) is 11.6. The molecule has 0 fully saturated rings. The fourth-order valence-corrected chi connectivity index (χ4v) is 8.65. The van der Waals surface area contributed by atoms with Crippen LogP contribution in [0.25, 0.3) is 0 Å². The van der Waals surface area contributed by atoms with Gasteiger partial charge in [0.1, 0.15) is 5.75 Å². The van der Waals surface area contributed by atoms with E-state index in [9.17, 15) is 30.4 Å². The van der Waals surface area contributed by atoms with Crippen LogP contribution in [-0.4, -0.2) is 127 Å². The van der Waals surface area contributed by atoms with Crippen LogP contribution in [0.3, 0.4) is 0 Å². The quantitative estimate of drug-likeness (QED) is 0.103. The second-order valence-electron chi connectivity index (χ2n) is 11.3. The lowest BCUT2D eigenvalue weighted by atomic mass is 10.2. The first-order valence-corrected chi connectivity index (χ1v) is 22.8. The van der Waals surface area contributed by atoms with Crippen LogP contribution in [0.2, 0.25) is 0 Å². The van der Waals surface area contributed by atoms with E-state index in [0.29, 0.717) is 28.6 Å². The van der Waals surface area contributed by atoms with Gasteiger partial charge < -0.3 is 39.4 Å². The van der Waals surface area contributed by atoms with Gasteiger partial charge in [0.2, 0.25) is 20.0 Å². The Balaban J connectivity index is 0.000000580. The number of methoxy groups -OCH3 is 5. The third kappa shape index (κ3) is 14.8. The van der Waals surface area contributed by atoms with Crippen molar-refractivity contribution in [1.82, 2.24) is 19.2 Å². The van der Waals surface area contributed by atoms with Gasteiger partial charge in [0, 0.05) is 67.6 Å². The predicted molar refractivity (Wildman–Crippen MR) is 217 cm³/mol. The van der Waals surface area contributed by atoms with E-state index in [1.54, 1.807) is 13.8 Å². The summed E-state index contributed by atoms with van der Waals surface area (Å²) >= 11 is 0. The first-order chi connectivity index (χ1) is 26.5. The molecule has 0 aliphatic heterocycles. The molecule has 16 nitrogen and oxygen atoms in total. The Morgan fingerprint density at radius 1 is 0.554 bits per heavy atom. The van der Waals surface area contributed by atoms with Crippen LogP contribution in [-0.2, 0) is 35.7 Å². The fraction of sp³-hybridized carbons (Fsp3) is 0.500. The molecule has 0 saturated carbocycles. The Kier molecular flexibility index (Phi) is 22.7. The van der Waals surface area contributed by atoms with Gasteiger partial charge in [-0.1, -0.05) is 27.7 Å². The molecule has 0 amide bonds. The number of nitrogens with one attached hydrogen (secondary N) is 2. The average molecular weight is 870 g/mol. The smallest absolute Gasteiger partial charge is 0.261 e. The van der Waals surface area contributed by atoms with Gasteiger partial charge in [-0.05, 0) is 55.6 Å². The number of nitrogens with zero attached hydrogens (tertiary/aromatic N) is 2. The molecular formula is C36H57ClN4O12S3. The second kappa shape index (κ2) is 25.1. The second-order valence-corrected chi connectivity index (χ2v) is 17.7. The molecule has 318 valence electrons. The number of aliphatic hydroxyl groups excluding tert-OH is 1. The van der Waals surface area contributed by atoms with Crippen LogP contribution in [0.1, 0.15) is 33.3 Å². The number of hydrogen-bond acceptors (Lipinski definition) is 14. The average Bonchev–Trinajstić information content (AvgIpc) is 3.20. The Morgan fingerprint density at radius 3 is 1.25 bits per heavy atom. The summed E-state index contributed by atoms with van der Waals surface area (Å²) in [5, 5.41) is 16.0. The SMILES string of the molecule is CCN(CCN(CC)S(=O)(=O)c1ccc(OC)c(OC)c1)S(=O)(=O)c1ccc(OC)c(CO)c1.CCNCCNCC.COc1ccc(S(=O)(=O)Cl)cc1OC. The van der Waals surface area contributed by atoms with Crippen molar-refractivity contribution in [2.75, 3.05) is 87.9 Å². The molecule has 3 aromatic carbocycles. The highest BCUT2D eigenvalue weighted by Gasteiger charge is 2.29. The number of likely N-dealkylation sites (N-methyl/N-ethyl adjacent to an activating group) is 4. The summed E-state index contributed by atoms with van der Waals surface area (Å²) in [4.78, 5) is -0.0116. The van der Waals surface area contributed by atoms with Gasteiger partial charge in [0.15, 0.2) is 23.0 Å². The standard InChI is InChI=1S/C22H32N2O8S2.C8H9ClO4S.C6H16N2/c1-6-23(33(26,27)18-8-10-20(30-3)17(14-18)16-25)12-13-24(7-2)34(28,29)19-9-11-21(31-4)22(15-19)32-5;1-12-7-4-3-6(14(9,10)11)5-8(7)13-2;1-3-7-5-6-8-4-2/h8-11,14-15,25H,6-7,12-13,16H2,1-5H3;3-5H,1-2H3;7-8H,3-6H2,1-2H3. The van der Waals surface area contributed by atoms with Gasteiger partial charge in [0.05, 0.1) is 56.8 Å². The van der Waals surface area contributed by atoms with Crippen molar-refractivity contribution in [2.24, 2.45) is 0 Å². The summed E-state index contributed by atoms with van der Waals surface area (Å²) in [6, 6.07) is 12.7. The maximum atomic E-state index is 13.2. The van der Waals surface area contributed by atoms with Crippen molar-refractivity contribution >= 4 is 39.8 Å². The third-order valence-corrected chi connectivity index (χ3v) is 13.3. The highest BCUT2D eigenvalue weighted by atomic mass is 35.7. The predicted octanol–water partition coefficient (Wildman–Crippen LogP) is 3.76. The molecule has 0 aliphatic rings. The van der Waals surface area contributed by atoms with Crippen LogP contribution in [0, 0.1) is 0 Å². The highest BCUT2D eigenvalue weighted by Crippen LogP contribution is 2.32. The number of benzene rings is 3. The molecule has 3 aromatic rings. The number of hydrogen-bond donors (Lipinski definition) is 3. The van der Waals surface area contributed by atoms with Crippen LogP contribution < -0.4 is 34.3 Å². The molecule has 0 bridgehead atoms. The number of ether oxygens (including phenoxy) is 5. The minimum atomic E-state index is -3.93. The van der Waals surface area contributed by atoms with Gasteiger partial charge in [0.25, 0.3) is 9.05 Å². The molecule has 3 rings (SSSR count). The molecule has 0 aromatic heterocycles. The minimum Gasteiger partial charge on any atom is -0.496 e. The zero-order valence-electron chi connectivity index (χ0n) is 33.5. The van der Waals surface area contributed by atoms with E-state index < -0.39 is 29.1 Å². The maximum Gasteiger partial charge on any atom is 0.261 e. The fourth-order valence-electron chi connectivity index (χ4n) is 4.93. The monoisotopic (exact) mass is 868 g/mol. The largest absolute Gasteiger partial charge is 0.496 e. The first-order valence-electron chi connectivity index (χ1n) is 17.6. The Morgan fingerprint density at radius 2 is 0.911 bits per heavy atom. The van der Waals surface area contributed by atoms with E-state index in [1.165, 1.54) is 98.8 Å².